The van der Waals surface area contributed by atoms with Gasteiger partial charge in [0.25, 0.3) is 0 Å². The highest BCUT2D eigenvalue weighted by molar-refractivity contribution is 5.57. The molecule has 1 atom stereocenters. The molecule has 1 unspecified atom stereocenters. The molecule has 21 heavy (non-hydrogen) atoms. The number of fused-ring (bicyclic) bond motifs is 2. The lowest BCUT2D eigenvalue weighted by Gasteiger charge is -2.33. The Hall–Kier alpha value is -1.66. The van der Waals surface area contributed by atoms with Crippen LogP contribution < -0.4 is 10.2 Å². The molecule has 2 aromatic rings. The summed E-state index contributed by atoms with van der Waals surface area (Å²) in [6.07, 6.45) is 5.42. The van der Waals surface area contributed by atoms with Gasteiger partial charge in [-0.3, -0.25) is 0 Å². The van der Waals surface area contributed by atoms with Crippen molar-refractivity contribution in [3.05, 3.63) is 23.5 Å². The zero-order valence-electron chi connectivity index (χ0n) is 12.1. The first-order chi connectivity index (χ1) is 10.3. The van der Waals surface area contributed by atoms with E-state index >= 15 is 0 Å². The van der Waals surface area contributed by atoms with Crippen LogP contribution in [0.4, 0.5) is 5.82 Å². The van der Waals surface area contributed by atoms with Gasteiger partial charge in [0.2, 0.25) is 0 Å². The largest absolute Gasteiger partial charge is 0.391 e. The first-order valence-corrected chi connectivity index (χ1v) is 7.82. The number of nitrogens with one attached hydrogen (secondary N) is 1. The number of anilines is 1. The molecule has 0 aromatic carbocycles. The normalized spacial score (nSPS) is 23.1. The summed E-state index contributed by atoms with van der Waals surface area (Å²) in [5.74, 6) is 1.14. The van der Waals surface area contributed by atoms with E-state index in [0.717, 1.165) is 56.8 Å². The van der Waals surface area contributed by atoms with E-state index in [1.165, 1.54) is 11.3 Å². The van der Waals surface area contributed by atoms with Crippen LogP contribution in [0.15, 0.2) is 12.3 Å². The molecular formula is C15H21N5O. The molecule has 2 aromatic heterocycles. The zero-order valence-corrected chi connectivity index (χ0v) is 12.1. The summed E-state index contributed by atoms with van der Waals surface area (Å²) in [7, 11) is 0. The standard InChI is InChI=1S/C15H21N5O/c21-11-2-1-9-19(10-11)15-12-3-6-16-7-4-13(12)18-14-5-8-17-20(14)15/h5,8,11,16,21H,1-4,6-7,9-10H2. The minimum Gasteiger partial charge on any atom is -0.391 e. The molecule has 0 bridgehead atoms. The summed E-state index contributed by atoms with van der Waals surface area (Å²) < 4.78 is 1.95. The van der Waals surface area contributed by atoms with E-state index in [4.69, 9.17) is 4.98 Å². The molecule has 1 saturated heterocycles. The molecule has 2 aliphatic heterocycles. The minimum atomic E-state index is -0.239. The monoisotopic (exact) mass is 287 g/mol. The smallest absolute Gasteiger partial charge is 0.157 e. The van der Waals surface area contributed by atoms with E-state index in [1.807, 2.05) is 16.8 Å². The number of aliphatic hydroxyl groups excluding tert-OH is 1. The summed E-state index contributed by atoms with van der Waals surface area (Å²) in [4.78, 5) is 7.07. The summed E-state index contributed by atoms with van der Waals surface area (Å²) in [5, 5.41) is 17.9. The van der Waals surface area contributed by atoms with Gasteiger partial charge in [0.1, 0.15) is 5.82 Å². The van der Waals surface area contributed by atoms with Crippen molar-refractivity contribution >= 4 is 11.5 Å². The third-order valence-corrected chi connectivity index (χ3v) is 4.48. The van der Waals surface area contributed by atoms with Crippen LogP contribution in [0, 0.1) is 0 Å². The number of nitrogens with zero attached hydrogens (tertiary/aromatic N) is 4. The Kier molecular flexibility index (Phi) is 3.27. The van der Waals surface area contributed by atoms with E-state index in [0.29, 0.717) is 6.54 Å². The minimum absolute atomic E-state index is 0.239. The Labute approximate surface area is 123 Å². The molecule has 4 rings (SSSR count). The van der Waals surface area contributed by atoms with Crippen LogP contribution >= 0.6 is 0 Å². The van der Waals surface area contributed by atoms with Gasteiger partial charge in [0.05, 0.1) is 18.0 Å². The third kappa shape index (κ3) is 2.28. The molecular weight excluding hydrogens is 266 g/mol. The first kappa shape index (κ1) is 13.0. The van der Waals surface area contributed by atoms with Gasteiger partial charge in [-0.2, -0.15) is 9.61 Å². The van der Waals surface area contributed by atoms with Gasteiger partial charge < -0.3 is 15.3 Å². The predicted molar refractivity (Wildman–Crippen MR) is 80.7 cm³/mol. The van der Waals surface area contributed by atoms with Crippen molar-refractivity contribution in [2.45, 2.75) is 31.8 Å². The Morgan fingerprint density at radius 3 is 3.10 bits per heavy atom. The quantitative estimate of drug-likeness (QED) is 0.794. The van der Waals surface area contributed by atoms with Gasteiger partial charge in [-0.05, 0) is 25.8 Å². The van der Waals surface area contributed by atoms with Crippen molar-refractivity contribution < 1.29 is 5.11 Å². The van der Waals surface area contributed by atoms with Crippen molar-refractivity contribution in [3.8, 4) is 0 Å². The summed E-state index contributed by atoms with van der Waals surface area (Å²) in [6, 6.07) is 1.96. The average molecular weight is 287 g/mol. The fourth-order valence-electron chi connectivity index (χ4n) is 3.49. The van der Waals surface area contributed by atoms with Crippen LogP contribution in [0.5, 0.6) is 0 Å². The first-order valence-electron chi connectivity index (χ1n) is 7.82. The number of rotatable bonds is 1. The molecule has 6 nitrogen and oxygen atoms in total. The second kappa shape index (κ2) is 5.27. The molecule has 6 heteroatoms. The number of hydrogen-bond acceptors (Lipinski definition) is 5. The van der Waals surface area contributed by atoms with Crippen LogP contribution in [-0.4, -0.2) is 52.0 Å². The lowest BCUT2D eigenvalue weighted by Crippen LogP contribution is -2.40. The van der Waals surface area contributed by atoms with E-state index < -0.39 is 0 Å². The second-order valence-electron chi connectivity index (χ2n) is 5.95. The van der Waals surface area contributed by atoms with Crippen LogP contribution in [0.1, 0.15) is 24.1 Å². The van der Waals surface area contributed by atoms with Crippen LogP contribution in [0.3, 0.4) is 0 Å². The van der Waals surface area contributed by atoms with Crippen molar-refractivity contribution in [3.63, 3.8) is 0 Å². The maximum atomic E-state index is 10.0. The van der Waals surface area contributed by atoms with Gasteiger partial charge in [-0.15, -0.1) is 0 Å². The lowest BCUT2D eigenvalue weighted by atomic mass is 10.1. The molecule has 0 saturated carbocycles. The zero-order chi connectivity index (χ0) is 14.2. The molecule has 112 valence electrons. The maximum absolute atomic E-state index is 10.0. The fraction of sp³-hybridized carbons (Fsp3) is 0.600. The average Bonchev–Trinajstić information content (AvgIpc) is 2.81. The van der Waals surface area contributed by atoms with Gasteiger partial charge in [0.15, 0.2) is 5.65 Å². The van der Waals surface area contributed by atoms with Gasteiger partial charge in [-0.1, -0.05) is 0 Å². The van der Waals surface area contributed by atoms with Gasteiger partial charge in [0, 0.05) is 37.7 Å². The van der Waals surface area contributed by atoms with Crippen LogP contribution in [-0.2, 0) is 12.8 Å². The molecule has 0 aliphatic carbocycles. The van der Waals surface area contributed by atoms with E-state index in [1.54, 1.807) is 0 Å². The molecule has 0 spiro atoms. The van der Waals surface area contributed by atoms with Crippen molar-refractivity contribution in [1.82, 2.24) is 19.9 Å². The highest BCUT2D eigenvalue weighted by Gasteiger charge is 2.25. The van der Waals surface area contributed by atoms with Gasteiger partial charge in [-0.25, -0.2) is 4.98 Å². The SMILES string of the molecule is OC1CCCN(c2c3c(nc4ccnn24)CCNCC3)C1. The Morgan fingerprint density at radius 1 is 1.29 bits per heavy atom. The Morgan fingerprint density at radius 2 is 2.19 bits per heavy atom. The predicted octanol–water partition coefficient (Wildman–Crippen LogP) is 0.379. The van der Waals surface area contributed by atoms with Gasteiger partial charge >= 0.3 is 0 Å². The molecule has 0 radical (unpaired) electrons. The molecule has 2 N–H and O–H groups in total. The van der Waals surface area contributed by atoms with Crippen LogP contribution in [0.2, 0.25) is 0 Å². The van der Waals surface area contributed by atoms with Crippen molar-refractivity contribution in [2.75, 3.05) is 31.1 Å². The summed E-state index contributed by atoms with van der Waals surface area (Å²) >= 11 is 0. The van der Waals surface area contributed by atoms with Crippen LogP contribution in [0.25, 0.3) is 5.65 Å². The topological polar surface area (TPSA) is 65.7 Å². The molecule has 0 amide bonds. The lowest BCUT2D eigenvalue weighted by molar-refractivity contribution is 0.153. The Balaban J connectivity index is 1.88. The molecule has 4 heterocycles. The number of aromatic nitrogens is 3. The Bertz CT molecular complexity index is 653. The highest BCUT2D eigenvalue weighted by atomic mass is 16.3. The fourth-order valence-corrected chi connectivity index (χ4v) is 3.49. The van der Waals surface area contributed by atoms with Crippen molar-refractivity contribution in [2.24, 2.45) is 0 Å². The summed E-state index contributed by atoms with van der Waals surface area (Å²) in [5.41, 5.74) is 3.39. The van der Waals surface area contributed by atoms with E-state index in [-0.39, 0.29) is 6.10 Å². The number of hydrogen-bond donors (Lipinski definition) is 2. The number of aliphatic hydroxyl groups is 1. The third-order valence-electron chi connectivity index (χ3n) is 4.48. The van der Waals surface area contributed by atoms with E-state index in [2.05, 4.69) is 15.3 Å². The highest BCUT2D eigenvalue weighted by Crippen LogP contribution is 2.28. The van der Waals surface area contributed by atoms with E-state index in [9.17, 15) is 5.11 Å². The summed E-state index contributed by atoms with van der Waals surface area (Å²) in [6.45, 7) is 3.63. The molecule has 1 fully saturated rings. The van der Waals surface area contributed by atoms with Crippen molar-refractivity contribution in [1.29, 1.82) is 0 Å². The number of piperidine rings is 1. The number of β-amino-alcohol motifs (C(OH)–C–C–N with tert-alkyl or cyclic N) is 1. The maximum Gasteiger partial charge on any atom is 0.157 e. The molecule has 2 aliphatic rings. The second-order valence-corrected chi connectivity index (χ2v) is 5.95.